The number of halogens is 1. The zero-order chi connectivity index (χ0) is 12.8. The Balaban J connectivity index is 1.92. The van der Waals surface area contributed by atoms with Crippen molar-refractivity contribution < 1.29 is 4.74 Å². The monoisotopic (exact) mass is 320 g/mol. The minimum absolute atomic E-state index is 0.192. The highest BCUT2D eigenvalue weighted by Gasteiger charge is 2.23. The molecule has 0 aliphatic carbocycles. The van der Waals surface area contributed by atoms with Gasteiger partial charge in [0.2, 0.25) is 0 Å². The lowest BCUT2D eigenvalue weighted by Crippen LogP contribution is -2.33. The van der Waals surface area contributed by atoms with Gasteiger partial charge in [0.1, 0.15) is 0 Å². The maximum Gasteiger partial charge on any atom is 0.0970 e. The highest BCUT2D eigenvalue weighted by Crippen LogP contribution is 2.36. The number of aromatic nitrogens is 1. The molecule has 2 aromatic rings. The number of morpholine rings is 1. The second-order valence-electron chi connectivity index (χ2n) is 5.41. The lowest BCUT2D eigenvalue weighted by Gasteiger charge is -2.23. The Bertz CT molecular complexity index is 629. The first kappa shape index (κ1) is 11.9. The summed E-state index contributed by atoms with van der Waals surface area (Å²) >= 11 is 3.65. The van der Waals surface area contributed by atoms with E-state index in [0.717, 1.165) is 26.2 Å². The molecule has 3 nitrogen and oxygen atoms in total. The van der Waals surface area contributed by atoms with E-state index in [9.17, 15) is 0 Å². The highest BCUT2D eigenvalue weighted by molar-refractivity contribution is 9.10. The van der Waals surface area contributed by atoms with E-state index in [4.69, 9.17) is 4.74 Å². The van der Waals surface area contributed by atoms with Crippen LogP contribution in [-0.4, -0.2) is 24.3 Å². The Morgan fingerprint density at radius 2 is 2.32 bits per heavy atom. The van der Waals surface area contributed by atoms with Crippen molar-refractivity contribution in [3.05, 3.63) is 33.9 Å². The summed E-state index contributed by atoms with van der Waals surface area (Å²) in [5.74, 6) is 0. The van der Waals surface area contributed by atoms with Crippen LogP contribution >= 0.6 is 15.9 Å². The van der Waals surface area contributed by atoms with Crippen LogP contribution in [0.25, 0.3) is 10.9 Å². The van der Waals surface area contributed by atoms with Gasteiger partial charge in [-0.1, -0.05) is 15.9 Å². The smallest absolute Gasteiger partial charge is 0.0970 e. The molecular formula is C15H17BrN2O. The molecule has 4 heteroatoms. The van der Waals surface area contributed by atoms with E-state index in [1.54, 1.807) is 0 Å². The number of benzene rings is 1. The molecule has 0 saturated carbocycles. The van der Waals surface area contributed by atoms with Crippen LogP contribution in [0.1, 0.15) is 23.7 Å². The number of ether oxygens (including phenoxy) is 1. The van der Waals surface area contributed by atoms with Gasteiger partial charge in [-0.2, -0.15) is 0 Å². The van der Waals surface area contributed by atoms with Gasteiger partial charge in [0.25, 0.3) is 0 Å². The van der Waals surface area contributed by atoms with E-state index in [-0.39, 0.29) is 6.10 Å². The van der Waals surface area contributed by atoms with Gasteiger partial charge >= 0.3 is 0 Å². The molecule has 0 amide bonds. The molecule has 4 rings (SSSR count). The van der Waals surface area contributed by atoms with Gasteiger partial charge in [-0.05, 0) is 30.5 Å². The Kier molecular flexibility index (Phi) is 2.90. The van der Waals surface area contributed by atoms with Crippen LogP contribution in [0.3, 0.4) is 0 Å². The van der Waals surface area contributed by atoms with Crippen molar-refractivity contribution in [2.75, 3.05) is 19.7 Å². The first-order valence-corrected chi connectivity index (χ1v) is 7.76. The normalized spacial score (nSPS) is 22.9. The molecule has 0 radical (unpaired) electrons. The van der Waals surface area contributed by atoms with Crippen LogP contribution in [0.4, 0.5) is 0 Å². The molecule has 1 fully saturated rings. The van der Waals surface area contributed by atoms with Crippen molar-refractivity contribution in [1.82, 2.24) is 9.88 Å². The van der Waals surface area contributed by atoms with Gasteiger partial charge < -0.3 is 14.6 Å². The van der Waals surface area contributed by atoms with E-state index in [1.807, 2.05) is 0 Å². The quantitative estimate of drug-likeness (QED) is 0.874. The van der Waals surface area contributed by atoms with Crippen LogP contribution in [0.15, 0.2) is 22.8 Å². The Hall–Kier alpha value is -0.840. The fourth-order valence-corrected chi connectivity index (χ4v) is 3.85. The lowest BCUT2D eigenvalue weighted by atomic mass is 10.0. The molecule has 0 bridgehead atoms. The van der Waals surface area contributed by atoms with Crippen LogP contribution in [0, 0.1) is 0 Å². The van der Waals surface area contributed by atoms with Crippen LogP contribution in [0.5, 0.6) is 0 Å². The third kappa shape index (κ3) is 1.93. The van der Waals surface area contributed by atoms with Crippen molar-refractivity contribution in [2.24, 2.45) is 0 Å². The second kappa shape index (κ2) is 4.62. The van der Waals surface area contributed by atoms with E-state index in [0.29, 0.717) is 0 Å². The summed E-state index contributed by atoms with van der Waals surface area (Å²) in [5, 5.41) is 4.78. The van der Waals surface area contributed by atoms with Crippen molar-refractivity contribution in [1.29, 1.82) is 0 Å². The summed E-state index contributed by atoms with van der Waals surface area (Å²) in [6, 6.07) is 4.51. The van der Waals surface area contributed by atoms with Crippen molar-refractivity contribution in [3.63, 3.8) is 0 Å². The standard InChI is InChI=1S/C15H17BrN2O/c16-11-6-10-2-1-4-18-9-13(12(7-11)15(10)18)14-8-17-3-5-19-14/h6-7,9,14,17H,1-5,8H2. The van der Waals surface area contributed by atoms with Gasteiger partial charge in [0.05, 0.1) is 18.2 Å². The van der Waals surface area contributed by atoms with E-state index >= 15 is 0 Å². The number of nitrogens with one attached hydrogen (secondary N) is 1. The molecule has 1 saturated heterocycles. The van der Waals surface area contributed by atoms with Crippen LogP contribution in [-0.2, 0) is 17.7 Å². The molecule has 1 unspecified atom stereocenters. The average Bonchev–Trinajstić information content (AvgIpc) is 2.80. The Morgan fingerprint density at radius 3 is 3.16 bits per heavy atom. The van der Waals surface area contributed by atoms with E-state index in [2.05, 4.69) is 44.1 Å². The average molecular weight is 321 g/mol. The summed E-state index contributed by atoms with van der Waals surface area (Å²) in [5.41, 5.74) is 4.22. The van der Waals surface area contributed by atoms with Gasteiger partial charge in [0.15, 0.2) is 0 Å². The van der Waals surface area contributed by atoms with Gasteiger partial charge in [-0.25, -0.2) is 0 Å². The van der Waals surface area contributed by atoms with Gasteiger partial charge in [-0.15, -0.1) is 0 Å². The van der Waals surface area contributed by atoms with Crippen LogP contribution < -0.4 is 5.32 Å². The molecule has 100 valence electrons. The summed E-state index contributed by atoms with van der Waals surface area (Å²) < 4.78 is 9.53. The topological polar surface area (TPSA) is 26.2 Å². The summed E-state index contributed by atoms with van der Waals surface area (Å²) in [6.07, 6.45) is 4.91. The Morgan fingerprint density at radius 1 is 1.37 bits per heavy atom. The predicted molar refractivity (Wildman–Crippen MR) is 79.5 cm³/mol. The SMILES string of the molecule is Brc1cc2c3c(c1)c(C1CNCCO1)cn3CCC2. The van der Waals surface area contributed by atoms with Crippen molar-refractivity contribution >= 4 is 26.8 Å². The second-order valence-corrected chi connectivity index (χ2v) is 6.32. The number of hydrogen-bond donors (Lipinski definition) is 1. The lowest BCUT2D eigenvalue weighted by molar-refractivity contribution is 0.0285. The molecule has 2 aliphatic rings. The largest absolute Gasteiger partial charge is 0.371 e. The van der Waals surface area contributed by atoms with E-state index < -0.39 is 0 Å². The molecule has 1 atom stereocenters. The van der Waals surface area contributed by atoms with Crippen molar-refractivity contribution in [2.45, 2.75) is 25.5 Å². The van der Waals surface area contributed by atoms with E-state index in [1.165, 1.54) is 39.3 Å². The molecule has 1 N–H and O–H groups in total. The van der Waals surface area contributed by atoms with Crippen LogP contribution in [0.2, 0.25) is 0 Å². The zero-order valence-electron chi connectivity index (χ0n) is 10.8. The van der Waals surface area contributed by atoms with Gasteiger partial charge in [-0.3, -0.25) is 0 Å². The molecular weight excluding hydrogens is 304 g/mol. The molecule has 1 aromatic heterocycles. The fraction of sp³-hybridized carbons (Fsp3) is 0.467. The first-order valence-electron chi connectivity index (χ1n) is 6.96. The number of hydrogen-bond acceptors (Lipinski definition) is 2. The summed E-state index contributed by atoms with van der Waals surface area (Å²) in [6.45, 7) is 3.81. The first-order chi connectivity index (χ1) is 9.33. The third-order valence-corrected chi connectivity index (χ3v) is 4.62. The molecule has 19 heavy (non-hydrogen) atoms. The fourth-order valence-electron chi connectivity index (χ4n) is 3.35. The molecule has 1 aromatic carbocycles. The third-order valence-electron chi connectivity index (χ3n) is 4.17. The summed E-state index contributed by atoms with van der Waals surface area (Å²) in [4.78, 5) is 0. The summed E-state index contributed by atoms with van der Waals surface area (Å²) in [7, 11) is 0. The van der Waals surface area contributed by atoms with Crippen molar-refractivity contribution in [3.8, 4) is 0 Å². The maximum atomic E-state index is 5.94. The maximum absolute atomic E-state index is 5.94. The number of rotatable bonds is 1. The highest BCUT2D eigenvalue weighted by atomic mass is 79.9. The minimum atomic E-state index is 0.192. The molecule has 0 spiro atoms. The Labute approximate surface area is 121 Å². The zero-order valence-corrected chi connectivity index (χ0v) is 12.4. The number of aryl methyl sites for hydroxylation is 2. The minimum Gasteiger partial charge on any atom is -0.371 e. The number of nitrogens with zero attached hydrogens (tertiary/aromatic N) is 1. The van der Waals surface area contributed by atoms with Gasteiger partial charge in [0, 0.05) is 41.3 Å². The predicted octanol–water partition coefficient (Wildman–Crippen LogP) is 3.01. The molecule has 3 heterocycles. The molecule has 2 aliphatic heterocycles.